The zero-order valence-electron chi connectivity index (χ0n) is 14.7. The van der Waals surface area contributed by atoms with E-state index in [4.69, 9.17) is 9.84 Å². The minimum Gasteiger partial charge on any atom is -0.497 e. The summed E-state index contributed by atoms with van der Waals surface area (Å²) in [5.41, 5.74) is 4.60. The van der Waals surface area contributed by atoms with E-state index in [9.17, 15) is 4.79 Å². The number of nitrogens with zero attached hydrogens (tertiary/aromatic N) is 2. The van der Waals surface area contributed by atoms with Crippen LogP contribution in [0, 0.1) is 0 Å². The summed E-state index contributed by atoms with van der Waals surface area (Å²) < 4.78 is 7.38. The van der Waals surface area contributed by atoms with Crippen LogP contribution in [0.5, 0.6) is 5.75 Å². The smallest absolute Gasteiger partial charge is 0.150 e. The number of carbonyl (C=O) groups is 1. The Morgan fingerprint density at radius 2 is 1.81 bits per heavy atom. The van der Waals surface area contributed by atoms with Crippen molar-refractivity contribution in [2.24, 2.45) is 0 Å². The molecule has 0 amide bonds. The Morgan fingerprint density at radius 1 is 0.926 bits per heavy atom. The number of fused-ring (bicyclic) bond motifs is 5. The monoisotopic (exact) mass is 352 g/mol. The SMILES string of the molecule is COc1cccc(-c2cc3cc(C=O)ccc3c3c4ccccc4nn23)c1. The van der Waals surface area contributed by atoms with Crippen LogP contribution in [0.25, 0.3) is 38.4 Å². The molecule has 5 aromatic rings. The maximum atomic E-state index is 11.3. The van der Waals surface area contributed by atoms with Crippen molar-refractivity contribution in [3.05, 3.63) is 78.4 Å². The fraction of sp³-hybridized carbons (Fsp3) is 0.0435. The van der Waals surface area contributed by atoms with Gasteiger partial charge >= 0.3 is 0 Å². The molecule has 0 aliphatic carbocycles. The third-order valence-electron chi connectivity index (χ3n) is 4.93. The van der Waals surface area contributed by atoms with Crippen LogP contribution in [-0.4, -0.2) is 23.0 Å². The lowest BCUT2D eigenvalue weighted by atomic mass is 10.0. The number of methoxy groups -OCH3 is 1. The molecule has 4 nitrogen and oxygen atoms in total. The molecule has 0 fully saturated rings. The van der Waals surface area contributed by atoms with Crippen molar-refractivity contribution < 1.29 is 9.53 Å². The molecule has 130 valence electrons. The van der Waals surface area contributed by atoms with Gasteiger partial charge < -0.3 is 4.74 Å². The van der Waals surface area contributed by atoms with Crippen molar-refractivity contribution in [1.29, 1.82) is 0 Å². The molecule has 0 radical (unpaired) electrons. The van der Waals surface area contributed by atoms with Crippen LogP contribution in [0.3, 0.4) is 0 Å². The van der Waals surface area contributed by atoms with E-state index in [1.807, 2.05) is 65.2 Å². The highest BCUT2D eigenvalue weighted by Crippen LogP contribution is 2.34. The predicted octanol–water partition coefficient (Wildman–Crippen LogP) is 5.13. The molecule has 0 saturated carbocycles. The zero-order valence-corrected chi connectivity index (χ0v) is 14.7. The Kier molecular flexibility index (Phi) is 3.44. The number of carbonyl (C=O) groups excluding carboxylic acids is 1. The van der Waals surface area contributed by atoms with Crippen molar-refractivity contribution >= 4 is 33.5 Å². The molecule has 0 unspecified atom stereocenters. The highest BCUT2D eigenvalue weighted by atomic mass is 16.5. The lowest BCUT2D eigenvalue weighted by molar-refractivity contribution is 0.112. The van der Waals surface area contributed by atoms with Gasteiger partial charge in [-0.15, -0.1) is 0 Å². The summed E-state index contributed by atoms with van der Waals surface area (Å²) in [6.07, 6.45) is 0.878. The maximum Gasteiger partial charge on any atom is 0.150 e. The Balaban J connectivity index is 1.97. The van der Waals surface area contributed by atoms with E-state index in [0.717, 1.165) is 50.5 Å². The fourth-order valence-corrected chi connectivity index (χ4v) is 3.65. The summed E-state index contributed by atoms with van der Waals surface area (Å²) in [7, 11) is 1.66. The van der Waals surface area contributed by atoms with Gasteiger partial charge in [0, 0.05) is 21.9 Å². The van der Waals surface area contributed by atoms with Crippen LogP contribution in [0.4, 0.5) is 0 Å². The highest BCUT2D eigenvalue weighted by Gasteiger charge is 2.14. The van der Waals surface area contributed by atoms with Crippen LogP contribution in [-0.2, 0) is 0 Å². The summed E-state index contributed by atoms with van der Waals surface area (Å²) >= 11 is 0. The van der Waals surface area contributed by atoms with Crippen molar-refractivity contribution in [3.63, 3.8) is 0 Å². The Morgan fingerprint density at radius 3 is 2.67 bits per heavy atom. The first kappa shape index (κ1) is 15.6. The molecule has 0 aliphatic rings. The first-order chi connectivity index (χ1) is 13.3. The third-order valence-corrected chi connectivity index (χ3v) is 4.93. The van der Waals surface area contributed by atoms with E-state index in [2.05, 4.69) is 12.1 Å². The van der Waals surface area contributed by atoms with Gasteiger partial charge in [0.15, 0.2) is 0 Å². The molecule has 0 spiro atoms. The molecular formula is C23H16N2O2. The van der Waals surface area contributed by atoms with E-state index in [1.165, 1.54) is 0 Å². The molecule has 0 atom stereocenters. The highest BCUT2D eigenvalue weighted by molar-refractivity contribution is 6.11. The van der Waals surface area contributed by atoms with Crippen molar-refractivity contribution in [3.8, 4) is 17.0 Å². The molecule has 3 aromatic carbocycles. The normalized spacial score (nSPS) is 11.3. The molecule has 2 aromatic heterocycles. The van der Waals surface area contributed by atoms with E-state index < -0.39 is 0 Å². The van der Waals surface area contributed by atoms with Crippen LogP contribution in [0.1, 0.15) is 10.4 Å². The molecule has 0 N–H and O–H groups in total. The summed E-state index contributed by atoms with van der Waals surface area (Å²) in [5.74, 6) is 0.791. The van der Waals surface area contributed by atoms with Crippen molar-refractivity contribution in [2.75, 3.05) is 7.11 Å². The summed E-state index contributed by atoms with van der Waals surface area (Å²) in [4.78, 5) is 11.3. The van der Waals surface area contributed by atoms with Gasteiger partial charge in [-0.1, -0.05) is 42.5 Å². The minimum absolute atomic E-state index is 0.660. The molecular weight excluding hydrogens is 336 g/mol. The first-order valence-electron chi connectivity index (χ1n) is 8.72. The molecule has 27 heavy (non-hydrogen) atoms. The van der Waals surface area contributed by atoms with E-state index >= 15 is 0 Å². The lowest BCUT2D eigenvalue weighted by Crippen LogP contribution is -1.96. The van der Waals surface area contributed by atoms with Gasteiger partial charge in [0.1, 0.15) is 12.0 Å². The minimum atomic E-state index is 0.660. The lowest BCUT2D eigenvalue weighted by Gasteiger charge is -2.10. The van der Waals surface area contributed by atoms with Gasteiger partial charge in [-0.05, 0) is 35.7 Å². The standard InChI is InChI=1S/C23H16N2O2/c1-27-18-6-4-5-16(12-18)22-13-17-11-15(14-26)9-10-19(17)23-20-7-2-3-8-21(20)24-25(22)23/h2-14H,1H3. The van der Waals surface area contributed by atoms with Gasteiger partial charge in [0.25, 0.3) is 0 Å². The molecule has 5 rings (SSSR count). The summed E-state index contributed by atoms with van der Waals surface area (Å²) in [5, 5.41) is 8.02. The molecule has 0 bridgehead atoms. The van der Waals surface area contributed by atoms with Crippen LogP contribution < -0.4 is 4.74 Å². The van der Waals surface area contributed by atoms with Crippen molar-refractivity contribution in [2.45, 2.75) is 0 Å². The van der Waals surface area contributed by atoms with Crippen molar-refractivity contribution in [1.82, 2.24) is 9.61 Å². The first-order valence-corrected chi connectivity index (χ1v) is 8.72. The molecule has 2 heterocycles. The maximum absolute atomic E-state index is 11.3. The number of ether oxygens (including phenoxy) is 1. The number of aldehydes is 1. The summed E-state index contributed by atoms with van der Waals surface area (Å²) in [6, 6.07) is 23.9. The average molecular weight is 352 g/mol. The quantitative estimate of drug-likeness (QED) is 0.423. The van der Waals surface area contributed by atoms with E-state index in [-0.39, 0.29) is 0 Å². The molecule has 4 heteroatoms. The Bertz CT molecular complexity index is 1330. The number of hydrogen-bond acceptors (Lipinski definition) is 3. The van der Waals surface area contributed by atoms with Crippen LogP contribution in [0.2, 0.25) is 0 Å². The fourth-order valence-electron chi connectivity index (χ4n) is 3.65. The number of rotatable bonds is 3. The van der Waals surface area contributed by atoms with E-state index in [0.29, 0.717) is 5.56 Å². The van der Waals surface area contributed by atoms with Gasteiger partial charge in [-0.3, -0.25) is 4.79 Å². The molecule has 0 aliphatic heterocycles. The van der Waals surface area contributed by atoms with E-state index in [1.54, 1.807) is 7.11 Å². The van der Waals surface area contributed by atoms with Crippen LogP contribution >= 0.6 is 0 Å². The second kappa shape index (κ2) is 5.95. The second-order valence-electron chi connectivity index (χ2n) is 6.50. The number of pyridine rings is 1. The average Bonchev–Trinajstić information content (AvgIpc) is 3.12. The van der Waals surface area contributed by atoms with Gasteiger partial charge in [-0.25, -0.2) is 4.52 Å². The Labute approximate surface area is 155 Å². The van der Waals surface area contributed by atoms with Gasteiger partial charge in [0.2, 0.25) is 0 Å². The van der Waals surface area contributed by atoms with Gasteiger partial charge in [0.05, 0.1) is 23.8 Å². The van der Waals surface area contributed by atoms with Gasteiger partial charge in [-0.2, -0.15) is 5.10 Å². The number of hydrogen-bond donors (Lipinski definition) is 0. The predicted molar refractivity (Wildman–Crippen MR) is 108 cm³/mol. The second-order valence-corrected chi connectivity index (χ2v) is 6.50. The topological polar surface area (TPSA) is 43.6 Å². The third kappa shape index (κ3) is 2.38. The largest absolute Gasteiger partial charge is 0.497 e. The number of benzene rings is 3. The Hall–Kier alpha value is -3.66. The van der Waals surface area contributed by atoms with Crippen LogP contribution in [0.15, 0.2) is 72.8 Å². The molecule has 0 saturated heterocycles. The summed E-state index contributed by atoms with van der Waals surface area (Å²) in [6.45, 7) is 0. The zero-order chi connectivity index (χ0) is 18.4. The number of aromatic nitrogens is 2.